The van der Waals surface area contributed by atoms with E-state index in [4.69, 9.17) is 9.47 Å². The standard InChI is InChI=1S/C23H32O4/c1-13(24)23-20(27-23)12-19-17-6-5-15-11-16(26-14(2)25)7-9-21(15,3)18(17)8-10-22(19,23)4/h5,16-20H,6-12H2,1-4H3/t16-,17-,18+,19-,20-,21-,22+,23-/m1/s1. The number of rotatable bonds is 2. The molecule has 4 aliphatic carbocycles. The minimum Gasteiger partial charge on any atom is -0.462 e. The normalized spacial score (nSPS) is 52.6. The molecule has 0 aromatic carbocycles. The Morgan fingerprint density at radius 1 is 1.15 bits per heavy atom. The predicted molar refractivity (Wildman–Crippen MR) is 101 cm³/mol. The first-order valence-corrected chi connectivity index (χ1v) is 10.8. The summed E-state index contributed by atoms with van der Waals surface area (Å²) >= 11 is 0. The van der Waals surface area contributed by atoms with Crippen molar-refractivity contribution < 1.29 is 19.1 Å². The van der Waals surface area contributed by atoms with Gasteiger partial charge >= 0.3 is 5.97 Å². The molecular weight excluding hydrogens is 340 g/mol. The first-order chi connectivity index (χ1) is 12.7. The summed E-state index contributed by atoms with van der Waals surface area (Å²) in [4.78, 5) is 23.8. The Bertz CT molecular complexity index is 741. The van der Waals surface area contributed by atoms with E-state index in [1.54, 1.807) is 6.92 Å². The van der Waals surface area contributed by atoms with Gasteiger partial charge in [0, 0.05) is 18.8 Å². The summed E-state index contributed by atoms with van der Waals surface area (Å²) in [5.41, 5.74) is 1.30. The smallest absolute Gasteiger partial charge is 0.302 e. The van der Waals surface area contributed by atoms with Crippen molar-refractivity contribution >= 4 is 11.8 Å². The summed E-state index contributed by atoms with van der Waals surface area (Å²) in [5.74, 6) is 2.03. The molecule has 4 nitrogen and oxygen atoms in total. The van der Waals surface area contributed by atoms with Gasteiger partial charge in [-0.2, -0.15) is 0 Å². The van der Waals surface area contributed by atoms with Crippen molar-refractivity contribution in [2.75, 3.05) is 0 Å². The highest BCUT2D eigenvalue weighted by Gasteiger charge is 2.79. The fourth-order valence-corrected chi connectivity index (χ4v) is 8.03. The molecule has 27 heavy (non-hydrogen) atoms. The molecule has 0 spiro atoms. The van der Waals surface area contributed by atoms with Crippen LogP contribution in [0.1, 0.15) is 72.6 Å². The highest BCUT2D eigenvalue weighted by molar-refractivity contribution is 5.90. The number of fused-ring (bicyclic) bond motifs is 7. The monoisotopic (exact) mass is 372 g/mol. The number of ketones is 1. The summed E-state index contributed by atoms with van der Waals surface area (Å²) < 4.78 is 11.6. The second-order valence-electron chi connectivity index (χ2n) is 10.3. The van der Waals surface area contributed by atoms with Gasteiger partial charge in [0.25, 0.3) is 0 Å². The molecule has 8 atom stereocenters. The van der Waals surface area contributed by atoms with Crippen LogP contribution in [-0.4, -0.2) is 29.6 Å². The number of hydrogen-bond donors (Lipinski definition) is 0. The number of hydrogen-bond acceptors (Lipinski definition) is 4. The largest absolute Gasteiger partial charge is 0.462 e. The van der Waals surface area contributed by atoms with Crippen LogP contribution < -0.4 is 0 Å². The topological polar surface area (TPSA) is 55.9 Å². The van der Waals surface area contributed by atoms with E-state index in [0.717, 1.165) is 38.5 Å². The van der Waals surface area contributed by atoms with E-state index < -0.39 is 5.60 Å². The number of ether oxygens (including phenoxy) is 2. The Labute approximate surface area is 162 Å². The fourth-order valence-electron chi connectivity index (χ4n) is 8.03. The van der Waals surface area contributed by atoms with Crippen LogP contribution in [0.3, 0.4) is 0 Å². The lowest BCUT2D eigenvalue weighted by Gasteiger charge is -2.58. The molecule has 0 unspecified atom stereocenters. The van der Waals surface area contributed by atoms with Crippen LogP contribution in [0.2, 0.25) is 0 Å². The van der Waals surface area contributed by atoms with Crippen LogP contribution in [0, 0.1) is 28.6 Å². The van der Waals surface area contributed by atoms with Crippen molar-refractivity contribution in [2.24, 2.45) is 28.6 Å². The molecule has 1 heterocycles. The molecule has 0 N–H and O–H groups in total. The third-order valence-electron chi connectivity index (χ3n) is 9.34. The summed E-state index contributed by atoms with van der Waals surface area (Å²) in [6, 6.07) is 0. The van der Waals surface area contributed by atoms with Crippen molar-refractivity contribution in [3.63, 3.8) is 0 Å². The summed E-state index contributed by atoms with van der Waals surface area (Å²) in [5, 5.41) is 0. The Balaban J connectivity index is 1.43. The van der Waals surface area contributed by atoms with Crippen LogP contribution in [0.5, 0.6) is 0 Å². The highest BCUT2D eigenvalue weighted by atomic mass is 16.6. The quantitative estimate of drug-likeness (QED) is 0.414. The van der Waals surface area contributed by atoms with E-state index >= 15 is 0 Å². The third kappa shape index (κ3) is 2.14. The maximum absolute atomic E-state index is 12.5. The van der Waals surface area contributed by atoms with Crippen LogP contribution in [-0.2, 0) is 19.1 Å². The lowest BCUT2D eigenvalue weighted by atomic mass is 9.47. The maximum atomic E-state index is 12.5. The van der Waals surface area contributed by atoms with E-state index in [-0.39, 0.29) is 34.8 Å². The minimum absolute atomic E-state index is 0.0152. The molecule has 0 amide bonds. The molecule has 4 fully saturated rings. The van der Waals surface area contributed by atoms with E-state index in [0.29, 0.717) is 17.8 Å². The zero-order valence-electron chi connectivity index (χ0n) is 17.0. The number of esters is 1. The van der Waals surface area contributed by atoms with Gasteiger partial charge in [-0.1, -0.05) is 25.5 Å². The van der Waals surface area contributed by atoms with Crippen LogP contribution in [0.4, 0.5) is 0 Å². The second kappa shape index (κ2) is 5.46. The number of allylic oxidation sites excluding steroid dienone is 1. The molecule has 0 bridgehead atoms. The van der Waals surface area contributed by atoms with Gasteiger partial charge < -0.3 is 9.47 Å². The molecule has 0 aromatic rings. The first kappa shape index (κ1) is 17.9. The number of carbonyl (C=O) groups excluding carboxylic acids is 2. The number of Topliss-reactive ketones (excluding diaryl/α,β-unsaturated/α-hetero) is 1. The van der Waals surface area contributed by atoms with E-state index in [2.05, 4.69) is 19.9 Å². The Morgan fingerprint density at radius 2 is 1.93 bits per heavy atom. The summed E-state index contributed by atoms with van der Waals surface area (Å²) in [7, 11) is 0. The Kier molecular flexibility index (Phi) is 3.62. The SMILES string of the molecule is CC(=O)O[C@@H]1CC[C@]2(C)C(=CC[C@H]3[C@H]4C[C@H]5O[C@@]5(C(C)=O)[C@@]4(C)CC[C@@H]32)C1. The fraction of sp³-hybridized carbons (Fsp3) is 0.826. The van der Waals surface area contributed by atoms with Gasteiger partial charge in [0.1, 0.15) is 6.10 Å². The van der Waals surface area contributed by atoms with Gasteiger partial charge in [-0.15, -0.1) is 0 Å². The molecular formula is C23H32O4. The van der Waals surface area contributed by atoms with E-state index in [1.807, 2.05) is 0 Å². The van der Waals surface area contributed by atoms with Crippen LogP contribution in [0.15, 0.2) is 11.6 Å². The lowest BCUT2D eigenvalue weighted by Crippen LogP contribution is -2.54. The van der Waals surface area contributed by atoms with Gasteiger partial charge in [-0.25, -0.2) is 0 Å². The Hall–Kier alpha value is -1.16. The average molecular weight is 373 g/mol. The van der Waals surface area contributed by atoms with Gasteiger partial charge in [0.2, 0.25) is 0 Å². The average Bonchev–Trinajstić information content (AvgIpc) is 3.27. The third-order valence-corrected chi connectivity index (χ3v) is 9.34. The molecule has 1 saturated heterocycles. The number of carbonyl (C=O) groups is 2. The molecule has 1 aliphatic heterocycles. The van der Waals surface area contributed by atoms with Gasteiger partial charge in [0.05, 0.1) is 6.10 Å². The zero-order chi connectivity index (χ0) is 19.2. The van der Waals surface area contributed by atoms with Gasteiger partial charge in [-0.3, -0.25) is 9.59 Å². The first-order valence-electron chi connectivity index (χ1n) is 10.8. The van der Waals surface area contributed by atoms with Crippen molar-refractivity contribution in [1.29, 1.82) is 0 Å². The zero-order valence-corrected chi connectivity index (χ0v) is 17.0. The van der Waals surface area contributed by atoms with Crippen molar-refractivity contribution in [3.05, 3.63) is 11.6 Å². The molecule has 5 aliphatic rings. The van der Waals surface area contributed by atoms with Gasteiger partial charge in [0.15, 0.2) is 11.4 Å². The van der Waals surface area contributed by atoms with Crippen LogP contribution >= 0.6 is 0 Å². The molecule has 5 rings (SSSR count). The molecule has 0 aromatic heterocycles. The summed E-state index contributed by atoms with van der Waals surface area (Å²) in [6.45, 7) is 8.03. The van der Waals surface area contributed by atoms with Crippen molar-refractivity contribution in [1.82, 2.24) is 0 Å². The van der Waals surface area contributed by atoms with Crippen molar-refractivity contribution in [3.8, 4) is 0 Å². The predicted octanol–water partition coefficient (Wildman–Crippen LogP) is 4.22. The van der Waals surface area contributed by atoms with E-state index in [9.17, 15) is 9.59 Å². The molecule has 4 heteroatoms. The van der Waals surface area contributed by atoms with Crippen LogP contribution in [0.25, 0.3) is 0 Å². The van der Waals surface area contributed by atoms with E-state index in [1.165, 1.54) is 18.9 Å². The number of epoxide rings is 1. The summed E-state index contributed by atoms with van der Waals surface area (Å²) in [6.07, 6.45) is 10.1. The highest BCUT2D eigenvalue weighted by Crippen LogP contribution is 2.73. The second-order valence-corrected chi connectivity index (χ2v) is 10.3. The molecule has 3 saturated carbocycles. The maximum Gasteiger partial charge on any atom is 0.302 e. The molecule has 148 valence electrons. The minimum atomic E-state index is -0.472. The Morgan fingerprint density at radius 3 is 2.63 bits per heavy atom. The lowest BCUT2D eigenvalue weighted by molar-refractivity contribution is -0.149. The van der Waals surface area contributed by atoms with Crippen molar-refractivity contribution in [2.45, 2.75) is 90.4 Å². The molecule has 0 radical (unpaired) electrons. The van der Waals surface area contributed by atoms with Gasteiger partial charge in [-0.05, 0) is 68.6 Å².